The van der Waals surface area contributed by atoms with E-state index in [1.54, 1.807) is 0 Å². The van der Waals surface area contributed by atoms with Gasteiger partial charge < -0.3 is 10.1 Å². The number of hydrogen-bond acceptors (Lipinski definition) is 2. The third-order valence-electron chi connectivity index (χ3n) is 2.77. The Morgan fingerprint density at radius 2 is 2.25 bits per heavy atom. The van der Waals surface area contributed by atoms with Gasteiger partial charge in [-0.25, -0.2) is 0 Å². The molecule has 2 rings (SSSR count). The number of piperidine rings is 1. The fraction of sp³-hybridized carbons (Fsp3) is 0.500. The Bertz CT molecular complexity index is 351. The van der Waals surface area contributed by atoms with Crippen LogP contribution in [-0.4, -0.2) is 19.7 Å². The molecule has 1 aromatic carbocycles. The normalized spacial score (nSPS) is 20.8. The Labute approximate surface area is 113 Å². The highest BCUT2D eigenvalue weighted by Crippen LogP contribution is 2.28. The summed E-state index contributed by atoms with van der Waals surface area (Å²) in [5, 5.41) is 3.40. The second-order valence-corrected chi connectivity index (χ2v) is 5.87. The number of hydrogen-bond donors (Lipinski definition) is 1. The van der Waals surface area contributed by atoms with Crippen molar-refractivity contribution in [2.24, 2.45) is 5.92 Å². The van der Waals surface area contributed by atoms with Crippen molar-refractivity contribution in [3.8, 4) is 5.75 Å². The van der Waals surface area contributed by atoms with Crippen LogP contribution in [0.1, 0.15) is 12.8 Å². The highest BCUT2D eigenvalue weighted by molar-refractivity contribution is 9.11. The molecule has 1 heterocycles. The lowest BCUT2D eigenvalue weighted by Crippen LogP contribution is -2.33. The largest absolute Gasteiger partial charge is 0.492 e. The van der Waals surface area contributed by atoms with E-state index in [1.807, 2.05) is 18.2 Å². The maximum absolute atomic E-state index is 5.82. The molecule has 2 nitrogen and oxygen atoms in total. The van der Waals surface area contributed by atoms with E-state index in [4.69, 9.17) is 4.74 Å². The molecule has 4 heteroatoms. The Hall–Kier alpha value is -0.0600. The van der Waals surface area contributed by atoms with Crippen molar-refractivity contribution >= 4 is 31.9 Å². The third kappa shape index (κ3) is 3.47. The van der Waals surface area contributed by atoms with Gasteiger partial charge in [0.05, 0.1) is 11.1 Å². The van der Waals surface area contributed by atoms with Crippen molar-refractivity contribution in [3.05, 3.63) is 27.1 Å². The fourth-order valence-corrected chi connectivity index (χ4v) is 3.03. The number of nitrogens with one attached hydrogen (secondary N) is 1. The quantitative estimate of drug-likeness (QED) is 0.901. The van der Waals surface area contributed by atoms with Crippen LogP contribution in [-0.2, 0) is 0 Å². The van der Waals surface area contributed by atoms with Crippen LogP contribution >= 0.6 is 31.9 Å². The van der Waals surface area contributed by atoms with Crippen LogP contribution in [0.25, 0.3) is 0 Å². The van der Waals surface area contributed by atoms with Gasteiger partial charge in [0.1, 0.15) is 5.75 Å². The molecule has 1 atom stereocenters. The number of halogens is 2. The van der Waals surface area contributed by atoms with E-state index in [0.717, 1.165) is 34.4 Å². The van der Waals surface area contributed by atoms with Crippen LogP contribution in [0.3, 0.4) is 0 Å². The summed E-state index contributed by atoms with van der Waals surface area (Å²) >= 11 is 6.93. The zero-order valence-electron chi connectivity index (χ0n) is 9.01. The molecule has 0 unspecified atom stereocenters. The van der Waals surface area contributed by atoms with Gasteiger partial charge in [-0.05, 0) is 53.5 Å². The SMILES string of the molecule is Brc1ccc(OC[C@H]2CCCNC2)c(Br)c1. The predicted octanol–water partition coefficient (Wildman–Crippen LogP) is 3.59. The third-order valence-corrected chi connectivity index (χ3v) is 3.88. The topological polar surface area (TPSA) is 21.3 Å². The molecule has 1 saturated heterocycles. The molecule has 1 fully saturated rings. The summed E-state index contributed by atoms with van der Waals surface area (Å²) < 4.78 is 7.89. The van der Waals surface area contributed by atoms with Gasteiger partial charge >= 0.3 is 0 Å². The number of benzene rings is 1. The first-order valence-electron chi connectivity index (χ1n) is 5.54. The van der Waals surface area contributed by atoms with Gasteiger partial charge in [-0.15, -0.1) is 0 Å². The lowest BCUT2D eigenvalue weighted by atomic mass is 10.0. The molecule has 0 aliphatic carbocycles. The smallest absolute Gasteiger partial charge is 0.133 e. The van der Waals surface area contributed by atoms with E-state index < -0.39 is 0 Å². The summed E-state index contributed by atoms with van der Waals surface area (Å²) in [4.78, 5) is 0. The van der Waals surface area contributed by atoms with Gasteiger partial charge in [0.2, 0.25) is 0 Å². The van der Waals surface area contributed by atoms with Gasteiger partial charge in [-0.3, -0.25) is 0 Å². The highest BCUT2D eigenvalue weighted by Gasteiger charge is 2.14. The van der Waals surface area contributed by atoms with Crippen LogP contribution in [0.4, 0.5) is 0 Å². The van der Waals surface area contributed by atoms with Crippen molar-refractivity contribution in [2.45, 2.75) is 12.8 Å². The van der Waals surface area contributed by atoms with Crippen molar-refractivity contribution < 1.29 is 4.74 Å². The summed E-state index contributed by atoms with van der Waals surface area (Å²) in [7, 11) is 0. The molecular formula is C12H15Br2NO. The van der Waals surface area contributed by atoms with Crippen molar-refractivity contribution in [3.63, 3.8) is 0 Å². The van der Waals surface area contributed by atoms with E-state index in [9.17, 15) is 0 Å². The van der Waals surface area contributed by atoms with E-state index in [2.05, 4.69) is 37.2 Å². The van der Waals surface area contributed by atoms with Crippen molar-refractivity contribution in [1.29, 1.82) is 0 Å². The Morgan fingerprint density at radius 3 is 2.94 bits per heavy atom. The Morgan fingerprint density at radius 1 is 1.38 bits per heavy atom. The summed E-state index contributed by atoms with van der Waals surface area (Å²) in [5.41, 5.74) is 0. The van der Waals surface area contributed by atoms with Crippen molar-refractivity contribution in [1.82, 2.24) is 5.32 Å². The van der Waals surface area contributed by atoms with Crippen molar-refractivity contribution in [2.75, 3.05) is 19.7 Å². The van der Waals surface area contributed by atoms with Crippen LogP contribution < -0.4 is 10.1 Å². The average Bonchev–Trinajstić information content (AvgIpc) is 2.29. The molecule has 1 aromatic rings. The van der Waals surface area contributed by atoms with Crippen LogP contribution in [0.5, 0.6) is 5.75 Å². The molecule has 16 heavy (non-hydrogen) atoms. The van der Waals surface area contributed by atoms with E-state index >= 15 is 0 Å². The predicted molar refractivity (Wildman–Crippen MR) is 72.9 cm³/mol. The molecule has 1 aliphatic heterocycles. The fourth-order valence-electron chi connectivity index (χ4n) is 1.87. The molecular weight excluding hydrogens is 334 g/mol. The maximum Gasteiger partial charge on any atom is 0.133 e. The second-order valence-electron chi connectivity index (χ2n) is 4.10. The minimum absolute atomic E-state index is 0.643. The van der Waals surface area contributed by atoms with Gasteiger partial charge in [0.15, 0.2) is 0 Å². The minimum Gasteiger partial charge on any atom is -0.492 e. The first kappa shape index (κ1) is 12.4. The molecule has 0 radical (unpaired) electrons. The molecule has 0 amide bonds. The summed E-state index contributed by atoms with van der Waals surface area (Å²) in [6.45, 7) is 3.03. The van der Waals surface area contributed by atoms with Crippen LogP contribution in [0, 0.1) is 5.92 Å². The van der Waals surface area contributed by atoms with E-state index in [1.165, 1.54) is 12.8 Å². The zero-order valence-corrected chi connectivity index (χ0v) is 12.2. The first-order chi connectivity index (χ1) is 7.75. The summed E-state index contributed by atoms with van der Waals surface area (Å²) in [6, 6.07) is 6.00. The Balaban J connectivity index is 1.88. The van der Waals surface area contributed by atoms with Gasteiger partial charge in [-0.1, -0.05) is 15.9 Å². The maximum atomic E-state index is 5.82. The van der Waals surface area contributed by atoms with Crippen LogP contribution in [0.2, 0.25) is 0 Å². The second kappa shape index (κ2) is 6.03. The molecule has 0 saturated carbocycles. The molecule has 88 valence electrons. The number of ether oxygens (including phenoxy) is 1. The standard InChI is InChI=1S/C12H15Br2NO/c13-10-3-4-12(11(14)6-10)16-8-9-2-1-5-15-7-9/h3-4,6,9,15H,1-2,5,7-8H2/t9-/m0/s1. The van der Waals surface area contributed by atoms with Gasteiger partial charge in [-0.2, -0.15) is 0 Å². The zero-order chi connectivity index (χ0) is 11.4. The van der Waals surface area contributed by atoms with Gasteiger partial charge in [0, 0.05) is 16.9 Å². The molecule has 0 bridgehead atoms. The highest BCUT2D eigenvalue weighted by atomic mass is 79.9. The first-order valence-corrected chi connectivity index (χ1v) is 7.13. The molecule has 0 spiro atoms. The summed E-state index contributed by atoms with van der Waals surface area (Å²) in [6.07, 6.45) is 2.52. The van der Waals surface area contributed by atoms with Crippen LogP contribution in [0.15, 0.2) is 27.1 Å². The molecule has 1 N–H and O–H groups in total. The average molecular weight is 349 g/mol. The van der Waals surface area contributed by atoms with E-state index in [0.29, 0.717) is 5.92 Å². The van der Waals surface area contributed by atoms with E-state index in [-0.39, 0.29) is 0 Å². The van der Waals surface area contributed by atoms with Gasteiger partial charge in [0.25, 0.3) is 0 Å². The molecule has 1 aliphatic rings. The minimum atomic E-state index is 0.643. The number of rotatable bonds is 3. The lowest BCUT2D eigenvalue weighted by Gasteiger charge is -2.23. The lowest BCUT2D eigenvalue weighted by molar-refractivity contribution is 0.217. The Kier molecular flexibility index (Phi) is 4.67. The monoisotopic (exact) mass is 347 g/mol. The summed E-state index contributed by atoms with van der Waals surface area (Å²) in [5.74, 6) is 1.57. The molecule has 0 aromatic heterocycles.